The van der Waals surface area contributed by atoms with E-state index in [0.29, 0.717) is 0 Å². The summed E-state index contributed by atoms with van der Waals surface area (Å²) < 4.78 is 21.4. The zero-order valence-electron chi connectivity index (χ0n) is 7.05. The zero-order valence-corrected chi connectivity index (χ0v) is 7.95. The Hall–Kier alpha value is -1.63. The highest BCUT2D eigenvalue weighted by Gasteiger charge is 2.10. The molecule has 0 aliphatic heterocycles. The van der Waals surface area contributed by atoms with Crippen LogP contribution in [0, 0.1) is 22.8 Å². The fourth-order valence-electron chi connectivity index (χ4n) is 0.937. The maximum absolute atomic E-state index is 10.7. The quantitative estimate of drug-likeness (QED) is 0.609. The molecule has 0 aliphatic rings. The number of rotatable bonds is 3. The van der Waals surface area contributed by atoms with Gasteiger partial charge in [-0.1, -0.05) is 0 Å². The topological polar surface area (TPSA) is 93.0 Å². The van der Waals surface area contributed by atoms with Gasteiger partial charge in [0, 0.05) is 6.07 Å². The molecule has 0 heterocycles. The minimum absolute atomic E-state index is 0.118. The fourth-order valence-corrected chi connectivity index (χ4v) is 1.53. The van der Waals surface area contributed by atoms with Crippen LogP contribution in [0.3, 0.4) is 0 Å². The first-order valence-corrected chi connectivity index (χ1v) is 4.66. The monoisotopic (exact) mass is 213 g/mol. The van der Waals surface area contributed by atoms with Crippen molar-refractivity contribution in [1.29, 1.82) is 0 Å². The molecular weight excluding hydrogens is 208 g/mol. The molecule has 0 saturated carbocycles. The van der Waals surface area contributed by atoms with Gasteiger partial charge in [-0.3, -0.25) is 0 Å². The van der Waals surface area contributed by atoms with Gasteiger partial charge in [-0.05, 0) is 28.9 Å². The van der Waals surface area contributed by atoms with Crippen molar-refractivity contribution in [3.63, 3.8) is 0 Å². The molecule has 7 heteroatoms. The van der Waals surface area contributed by atoms with Crippen molar-refractivity contribution in [2.45, 2.75) is 11.8 Å². The second-order valence-electron chi connectivity index (χ2n) is 2.45. The summed E-state index contributed by atoms with van der Waals surface area (Å²) in [6.45, 7) is 1.41. The molecule has 1 radical (unpaired) electrons. The Morgan fingerprint density at radius 3 is 2.36 bits per heavy atom. The van der Waals surface area contributed by atoms with Gasteiger partial charge in [-0.2, -0.15) is 0 Å². The van der Waals surface area contributed by atoms with Crippen LogP contribution in [0.1, 0.15) is 5.56 Å². The van der Waals surface area contributed by atoms with Crippen molar-refractivity contribution in [3.05, 3.63) is 27.5 Å². The van der Waals surface area contributed by atoms with Gasteiger partial charge < -0.3 is 0 Å². The number of nitroso groups, excluding NO2 is 2. The first-order chi connectivity index (χ1) is 6.60. The van der Waals surface area contributed by atoms with Crippen LogP contribution in [0.2, 0.25) is 0 Å². The Balaban J connectivity index is 3.57. The molecule has 0 spiro atoms. The molecular formula is C7H5N2O4S. The Morgan fingerprint density at radius 2 is 1.93 bits per heavy atom. The third-order valence-corrected chi connectivity index (χ3v) is 2.45. The predicted octanol–water partition coefficient (Wildman–Crippen LogP) is 1.56. The Bertz CT molecular complexity index is 459. The number of nitrogens with zero attached hydrogens (tertiary/aromatic N) is 2. The second kappa shape index (κ2) is 4.05. The lowest BCUT2D eigenvalue weighted by Gasteiger charge is -1.99. The molecule has 0 amide bonds. The fraction of sp³-hybridized carbons (Fsp3) is 0.143. The second-order valence-corrected chi connectivity index (χ2v) is 3.41. The minimum atomic E-state index is -2.91. The molecule has 0 aromatic heterocycles. The molecule has 1 aromatic rings. The maximum Gasteiger partial charge on any atom is 0.169 e. The van der Waals surface area contributed by atoms with Crippen LogP contribution in [-0.4, -0.2) is 8.42 Å². The highest BCUT2D eigenvalue weighted by molar-refractivity contribution is 7.72. The lowest BCUT2D eigenvalue weighted by Crippen LogP contribution is -1.87. The lowest BCUT2D eigenvalue weighted by molar-refractivity contribution is 0.614. The summed E-state index contributed by atoms with van der Waals surface area (Å²) in [6, 6.07) is 3.34. The first kappa shape index (κ1) is 10.5. The molecule has 14 heavy (non-hydrogen) atoms. The van der Waals surface area contributed by atoms with Gasteiger partial charge in [0.2, 0.25) is 0 Å². The van der Waals surface area contributed by atoms with Gasteiger partial charge in [-0.15, -0.1) is 9.81 Å². The van der Waals surface area contributed by atoms with Crippen molar-refractivity contribution in [2.75, 3.05) is 0 Å². The van der Waals surface area contributed by atoms with E-state index in [9.17, 15) is 18.2 Å². The van der Waals surface area contributed by atoms with E-state index in [1.54, 1.807) is 0 Å². The van der Waals surface area contributed by atoms with Crippen molar-refractivity contribution in [1.82, 2.24) is 0 Å². The smallest absolute Gasteiger partial charge is 0.169 e. The van der Waals surface area contributed by atoms with Crippen LogP contribution in [-0.2, 0) is 10.7 Å². The van der Waals surface area contributed by atoms with E-state index in [-0.39, 0.29) is 21.8 Å². The Morgan fingerprint density at radius 1 is 1.29 bits per heavy atom. The summed E-state index contributed by atoms with van der Waals surface area (Å²) in [7, 11) is -2.91. The summed E-state index contributed by atoms with van der Waals surface area (Å²) >= 11 is 0. The molecule has 73 valence electrons. The normalized spacial score (nSPS) is 10.1. The molecule has 0 N–H and O–H groups in total. The van der Waals surface area contributed by atoms with Gasteiger partial charge in [0.05, 0.1) is 4.90 Å². The summed E-state index contributed by atoms with van der Waals surface area (Å²) in [5.74, 6) is 0. The van der Waals surface area contributed by atoms with Crippen LogP contribution < -0.4 is 0 Å². The minimum Gasteiger partial charge on any atom is -0.227 e. The van der Waals surface area contributed by atoms with Crippen molar-refractivity contribution in [3.8, 4) is 0 Å². The maximum atomic E-state index is 10.7. The number of benzene rings is 1. The first-order valence-electron chi connectivity index (χ1n) is 3.48. The van der Waals surface area contributed by atoms with E-state index in [2.05, 4.69) is 16.4 Å². The van der Waals surface area contributed by atoms with Gasteiger partial charge in [0.15, 0.2) is 10.7 Å². The predicted molar refractivity (Wildman–Crippen MR) is 49.5 cm³/mol. The van der Waals surface area contributed by atoms with Crippen LogP contribution in [0.5, 0.6) is 0 Å². The van der Waals surface area contributed by atoms with E-state index in [1.165, 1.54) is 6.92 Å². The van der Waals surface area contributed by atoms with Gasteiger partial charge in [0.1, 0.15) is 11.4 Å². The molecule has 0 aliphatic carbocycles. The molecule has 0 unspecified atom stereocenters. The molecule has 0 atom stereocenters. The van der Waals surface area contributed by atoms with Crippen molar-refractivity contribution >= 4 is 22.1 Å². The van der Waals surface area contributed by atoms with Gasteiger partial charge in [0.25, 0.3) is 0 Å². The van der Waals surface area contributed by atoms with Crippen LogP contribution >= 0.6 is 0 Å². The number of hydrogen-bond donors (Lipinski definition) is 1. The van der Waals surface area contributed by atoms with Crippen LogP contribution in [0.4, 0.5) is 11.4 Å². The van der Waals surface area contributed by atoms with Crippen LogP contribution in [0.15, 0.2) is 21.3 Å². The zero-order chi connectivity index (χ0) is 10.7. The molecule has 0 bridgehead atoms. The van der Waals surface area contributed by atoms with E-state index in [4.69, 9.17) is 0 Å². The molecule has 1 aromatic carbocycles. The lowest BCUT2D eigenvalue weighted by atomic mass is 10.2. The summed E-state index contributed by atoms with van der Waals surface area (Å²) in [5, 5.41) is 5.08. The summed E-state index contributed by atoms with van der Waals surface area (Å²) in [4.78, 5) is 20.2. The van der Waals surface area contributed by atoms with Gasteiger partial charge in [-0.25, -0.2) is 8.42 Å². The molecule has 6 nitrogen and oxygen atoms in total. The average molecular weight is 213 g/mol. The molecule has 1 rings (SSSR count). The molecule has 0 saturated heterocycles. The largest absolute Gasteiger partial charge is 0.227 e. The Labute approximate surface area is 80.8 Å². The summed E-state index contributed by atoms with van der Waals surface area (Å²) in [6.07, 6.45) is 0. The van der Waals surface area contributed by atoms with E-state index >= 15 is 0 Å². The third kappa shape index (κ3) is 1.82. The SMILES string of the molecule is Cc1c([SH](=O)=O)[c]c(N=O)cc1N=O. The van der Waals surface area contributed by atoms with Crippen LogP contribution in [0.25, 0.3) is 0 Å². The van der Waals surface area contributed by atoms with Gasteiger partial charge >= 0.3 is 0 Å². The standard InChI is InChI=1S/C7H5N2O4S/c1-4-6(9-11)2-5(8-10)3-7(4)14(12)13/h2,14H,1H3. The molecule has 0 fully saturated rings. The third-order valence-electron chi connectivity index (χ3n) is 1.64. The highest BCUT2D eigenvalue weighted by Crippen LogP contribution is 2.28. The van der Waals surface area contributed by atoms with E-state index in [1.807, 2.05) is 0 Å². The number of thiol groups is 1. The Kier molecular flexibility index (Phi) is 3.03. The number of hydrogen-bond acceptors (Lipinski definition) is 6. The highest BCUT2D eigenvalue weighted by atomic mass is 32.2. The average Bonchev–Trinajstić information content (AvgIpc) is 2.17. The van der Waals surface area contributed by atoms with Crippen molar-refractivity contribution < 1.29 is 8.42 Å². The van der Waals surface area contributed by atoms with Crippen molar-refractivity contribution in [2.24, 2.45) is 10.4 Å². The van der Waals surface area contributed by atoms with E-state index in [0.717, 1.165) is 6.07 Å². The van der Waals surface area contributed by atoms with E-state index < -0.39 is 10.7 Å². The summed E-state index contributed by atoms with van der Waals surface area (Å²) in [5.41, 5.74) is -0.199.